The quantitative estimate of drug-likeness (QED) is 0.808. The maximum Gasteiger partial charge on any atom is 0.387 e. The Hall–Kier alpha value is -1.98. The molecule has 0 unspecified atom stereocenters. The highest BCUT2D eigenvalue weighted by molar-refractivity contribution is 5.92. The summed E-state index contributed by atoms with van der Waals surface area (Å²) in [4.78, 5) is 0. The molecular weight excluding hydrogens is 276 g/mol. The Morgan fingerprint density at radius 1 is 1.10 bits per heavy atom. The van der Waals surface area contributed by atoms with Gasteiger partial charge in [0.25, 0.3) is 0 Å². The lowest BCUT2D eigenvalue weighted by Gasteiger charge is -2.12. The second-order valence-corrected chi connectivity index (χ2v) is 3.74. The number of rotatable bonds is 2. The lowest BCUT2D eigenvalue weighted by molar-refractivity contribution is -0.0513. The molecule has 0 aliphatic heterocycles. The molecule has 110 valence electrons. The fraction of sp³-hybridized carbons (Fsp3) is 0.286. The van der Waals surface area contributed by atoms with Gasteiger partial charge >= 0.3 is 6.61 Å². The van der Waals surface area contributed by atoms with Crippen LogP contribution in [0.25, 0.3) is 10.8 Å². The molecule has 20 heavy (non-hydrogen) atoms. The Labute approximate surface area is 113 Å². The Morgan fingerprint density at radius 3 is 2.25 bits per heavy atom. The van der Waals surface area contributed by atoms with Crippen molar-refractivity contribution in [3.8, 4) is 11.5 Å². The number of benzene rings is 2. The van der Waals surface area contributed by atoms with E-state index in [0.29, 0.717) is 5.56 Å². The molecule has 0 atom stereocenters. The molecule has 0 heterocycles. The maximum absolute atomic E-state index is 13.5. The first-order valence-electron chi connectivity index (χ1n) is 5.96. The fourth-order valence-corrected chi connectivity index (χ4v) is 1.84. The van der Waals surface area contributed by atoms with Crippen LogP contribution in [-0.2, 0) is 0 Å². The summed E-state index contributed by atoms with van der Waals surface area (Å²) in [5.74, 6) is -3.81. The average Bonchev–Trinajstić information content (AvgIpc) is 2.36. The van der Waals surface area contributed by atoms with Gasteiger partial charge in [0.15, 0.2) is 11.6 Å². The third-order valence-corrected chi connectivity index (χ3v) is 2.48. The maximum atomic E-state index is 13.5. The van der Waals surface area contributed by atoms with E-state index >= 15 is 0 Å². The van der Waals surface area contributed by atoms with Crippen molar-refractivity contribution in [2.75, 3.05) is 0 Å². The SMILES string of the molecule is CC.Cc1cc(O)cc2cc(F)c(F)c(OC(F)F)c12. The lowest BCUT2D eigenvalue weighted by atomic mass is 10.0. The molecule has 2 aromatic rings. The minimum atomic E-state index is -3.27. The number of phenolic OH excluding ortho intramolecular Hbond substituents is 1. The molecule has 6 heteroatoms. The van der Waals surface area contributed by atoms with Crippen LogP contribution in [0.2, 0.25) is 0 Å². The first-order valence-corrected chi connectivity index (χ1v) is 5.96. The fourth-order valence-electron chi connectivity index (χ4n) is 1.84. The molecule has 0 aliphatic rings. The molecular formula is C14H14F4O2. The number of hydrogen-bond donors (Lipinski definition) is 1. The highest BCUT2D eigenvalue weighted by Gasteiger charge is 2.20. The molecule has 0 radical (unpaired) electrons. The van der Waals surface area contributed by atoms with Crippen LogP contribution in [0.3, 0.4) is 0 Å². The number of phenols is 1. The summed E-state index contributed by atoms with van der Waals surface area (Å²) in [6, 6.07) is 3.21. The van der Waals surface area contributed by atoms with E-state index in [2.05, 4.69) is 4.74 Å². The van der Waals surface area contributed by atoms with Crippen LogP contribution in [0.1, 0.15) is 19.4 Å². The summed E-state index contributed by atoms with van der Waals surface area (Å²) in [7, 11) is 0. The largest absolute Gasteiger partial charge is 0.508 e. The summed E-state index contributed by atoms with van der Waals surface area (Å²) in [6.07, 6.45) is 0. The summed E-state index contributed by atoms with van der Waals surface area (Å²) in [5.41, 5.74) is 0.305. The Kier molecular flexibility index (Phi) is 5.19. The highest BCUT2D eigenvalue weighted by atomic mass is 19.3. The topological polar surface area (TPSA) is 29.5 Å². The summed E-state index contributed by atoms with van der Waals surface area (Å²) in [5, 5.41) is 9.43. The number of halogens is 4. The van der Waals surface area contributed by atoms with Crippen molar-refractivity contribution in [3.63, 3.8) is 0 Å². The van der Waals surface area contributed by atoms with Gasteiger partial charge in [-0.3, -0.25) is 0 Å². The summed E-state index contributed by atoms with van der Waals surface area (Å²) < 4.78 is 55.2. The van der Waals surface area contributed by atoms with Crippen molar-refractivity contribution in [1.82, 2.24) is 0 Å². The minimum Gasteiger partial charge on any atom is -0.508 e. The lowest BCUT2D eigenvalue weighted by Crippen LogP contribution is -2.06. The Balaban J connectivity index is 0.000000956. The van der Waals surface area contributed by atoms with Crippen molar-refractivity contribution in [1.29, 1.82) is 0 Å². The smallest absolute Gasteiger partial charge is 0.387 e. The molecule has 0 bridgehead atoms. The third-order valence-electron chi connectivity index (χ3n) is 2.48. The van der Waals surface area contributed by atoms with Gasteiger partial charge in [-0.2, -0.15) is 13.2 Å². The van der Waals surface area contributed by atoms with E-state index in [1.807, 2.05) is 13.8 Å². The van der Waals surface area contributed by atoms with Gasteiger partial charge in [0, 0.05) is 5.39 Å². The zero-order valence-corrected chi connectivity index (χ0v) is 11.2. The number of ether oxygens (including phenoxy) is 1. The number of hydrogen-bond acceptors (Lipinski definition) is 2. The van der Waals surface area contributed by atoms with Crippen LogP contribution in [0.4, 0.5) is 17.6 Å². The van der Waals surface area contributed by atoms with Crippen LogP contribution >= 0.6 is 0 Å². The molecule has 2 aromatic carbocycles. The van der Waals surface area contributed by atoms with Crippen molar-refractivity contribution in [2.45, 2.75) is 27.4 Å². The monoisotopic (exact) mass is 290 g/mol. The molecule has 0 fully saturated rings. The predicted molar refractivity (Wildman–Crippen MR) is 68.2 cm³/mol. The molecule has 0 saturated carbocycles. The number of alkyl halides is 2. The van der Waals surface area contributed by atoms with E-state index in [1.165, 1.54) is 13.0 Å². The van der Waals surface area contributed by atoms with Gasteiger partial charge < -0.3 is 9.84 Å². The van der Waals surface area contributed by atoms with Crippen LogP contribution in [-0.4, -0.2) is 11.7 Å². The van der Waals surface area contributed by atoms with Gasteiger partial charge in [-0.1, -0.05) is 13.8 Å². The second kappa shape index (κ2) is 6.45. The summed E-state index contributed by atoms with van der Waals surface area (Å²) in [6.45, 7) is 2.20. The highest BCUT2D eigenvalue weighted by Crippen LogP contribution is 2.36. The Bertz CT molecular complexity index is 612. The minimum absolute atomic E-state index is 0.00648. The Morgan fingerprint density at radius 2 is 1.70 bits per heavy atom. The van der Waals surface area contributed by atoms with E-state index in [1.54, 1.807) is 0 Å². The van der Waals surface area contributed by atoms with Crippen molar-refractivity contribution >= 4 is 10.8 Å². The second-order valence-electron chi connectivity index (χ2n) is 3.74. The first-order chi connectivity index (χ1) is 9.40. The van der Waals surface area contributed by atoms with Crippen molar-refractivity contribution in [3.05, 3.63) is 35.4 Å². The van der Waals surface area contributed by atoms with Crippen molar-refractivity contribution in [2.24, 2.45) is 0 Å². The van der Waals surface area contributed by atoms with Gasteiger partial charge in [0.2, 0.25) is 5.82 Å². The van der Waals surface area contributed by atoms with E-state index < -0.39 is 24.0 Å². The third kappa shape index (κ3) is 3.12. The zero-order chi connectivity index (χ0) is 15.4. The van der Waals surface area contributed by atoms with Gasteiger partial charge in [-0.05, 0) is 36.1 Å². The van der Waals surface area contributed by atoms with E-state index in [9.17, 15) is 22.7 Å². The molecule has 0 aromatic heterocycles. The molecule has 2 rings (SSSR count). The van der Waals surface area contributed by atoms with E-state index in [-0.39, 0.29) is 16.5 Å². The molecule has 0 amide bonds. The van der Waals surface area contributed by atoms with Gasteiger partial charge in [-0.15, -0.1) is 0 Å². The van der Waals surface area contributed by atoms with Crippen molar-refractivity contribution < 1.29 is 27.4 Å². The first kappa shape index (κ1) is 16.1. The number of fused-ring (bicyclic) bond motifs is 1. The van der Waals surface area contributed by atoms with E-state index in [4.69, 9.17) is 0 Å². The van der Waals surface area contributed by atoms with Gasteiger partial charge in [0.05, 0.1) is 0 Å². The molecule has 1 N–H and O–H groups in total. The molecule has 0 aliphatic carbocycles. The molecule has 2 nitrogen and oxygen atoms in total. The number of aromatic hydroxyl groups is 1. The van der Waals surface area contributed by atoms with Crippen LogP contribution < -0.4 is 4.74 Å². The number of aryl methyl sites for hydroxylation is 1. The van der Waals surface area contributed by atoms with E-state index in [0.717, 1.165) is 12.1 Å². The standard InChI is InChI=1S/C12H8F4O2.C2H6/c1-5-2-7(17)3-6-4-8(13)10(14)11(9(5)6)18-12(15)16;1-2/h2-4,12,17H,1H3;1-2H3. The van der Waals surface area contributed by atoms with Crippen LogP contribution in [0, 0.1) is 18.6 Å². The molecule has 0 saturated heterocycles. The predicted octanol–water partition coefficient (Wildman–Crippen LogP) is 4.76. The van der Waals surface area contributed by atoms with Gasteiger partial charge in [0.1, 0.15) is 5.75 Å². The molecule has 0 spiro atoms. The summed E-state index contributed by atoms with van der Waals surface area (Å²) >= 11 is 0. The average molecular weight is 290 g/mol. The normalized spacial score (nSPS) is 10.4. The van der Waals surface area contributed by atoms with Crippen LogP contribution in [0.5, 0.6) is 11.5 Å². The van der Waals surface area contributed by atoms with Crippen LogP contribution in [0.15, 0.2) is 18.2 Å². The van der Waals surface area contributed by atoms with Gasteiger partial charge in [-0.25, -0.2) is 4.39 Å². The zero-order valence-electron chi connectivity index (χ0n) is 11.2.